The van der Waals surface area contributed by atoms with Gasteiger partial charge in [0.2, 0.25) is 0 Å². The summed E-state index contributed by atoms with van der Waals surface area (Å²) >= 11 is 0. The van der Waals surface area contributed by atoms with Crippen LogP contribution in [0, 0.1) is 23.0 Å². The maximum absolute atomic E-state index is 13.7. The van der Waals surface area contributed by atoms with Gasteiger partial charge in [-0.15, -0.1) is 0 Å². The molecule has 32 heavy (non-hydrogen) atoms. The summed E-state index contributed by atoms with van der Waals surface area (Å²) in [5, 5.41) is 3.16. The average molecular weight is 441 g/mol. The fourth-order valence-electron chi connectivity index (χ4n) is 5.59. The van der Waals surface area contributed by atoms with Crippen molar-refractivity contribution in [3.63, 3.8) is 0 Å². The third-order valence-corrected chi connectivity index (χ3v) is 7.64. The van der Waals surface area contributed by atoms with Crippen molar-refractivity contribution in [1.82, 2.24) is 10.2 Å². The average Bonchev–Trinajstić information content (AvgIpc) is 2.78. The molecule has 3 saturated heterocycles. The first-order chi connectivity index (χ1) is 15.3. The molecule has 170 valence electrons. The summed E-state index contributed by atoms with van der Waals surface area (Å²) in [7, 11) is 0. The number of amides is 1. The molecule has 1 aliphatic carbocycles. The van der Waals surface area contributed by atoms with Gasteiger partial charge in [0.1, 0.15) is 6.10 Å². The number of alkyl carbamates (subject to hydrolysis) is 1. The minimum Gasteiger partial charge on any atom is -0.445 e. The largest absolute Gasteiger partial charge is 0.445 e. The molecule has 0 saturated carbocycles. The number of ether oxygens (including phenoxy) is 1. The van der Waals surface area contributed by atoms with Gasteiger partial charge < -0.3 is 10.1 Å². The lowest BCUT2D eigenvalue weighted by Crippen LogP contribution is -2.53. The first-order valence-electron chi connectivity index (χ1n) is 11.6. The minimum atomic E-state index is -0.851. The van der Waals surface area contributed by atoms with Crippen LogP contribution in [0.5, 0.6) is 0 Å². The molecule has 6 rings (SSSR count). The summed E-state index contributed by atoms with van der Waals surface area (Å²) in [6, 6.07) is 9.76. The van der Waals surface area contributed by atoms with Crippen molar-refractivity contribution in [3.8, 4) is 11.1 Å². The van der Waals surface area contributed by atoms with Crippen LogP contribution in [0.4, 0.5) is 13.6 Å². The van der Waals surface area contributed by atoms with Gasteiger partial charge in [0.05, 0.1) is 6.04 Å². The van der Waals surface area contributed by atoms with Gasteiger partial charge in [-0.3, -0.25) is 4.90 Å². The Morgan fingerprint density at radius 1 is 1.06 bits per heavy atom. The molecule has 3 aliphatic heterocycles. The normalized spacial score (nSPS) is 28.1. The lowest BCUT2D eigenvalue weighted by molar-refractivity contribution is -0.0353. The van der Waals surface area contributed by atoms with E-state index in [4.69, 9.17) is 4.74 Å². The van der Waals surface area contributed by atoms with E-state index in [2.05, 4.69) is 24.1 Å². The van der Waals surface area contributed by atoms with E-state index in [1.54, 1.807) is 6.07 Å². The Morgan fingerprint density at radius 3 is 2.47 bits per heavy atom. The van der Waals surface area contributed by atoms with Crippen LogP contribution in [-0.2, 0) is 11.2 Å². The molecule has 4 aliphatic rings. The number of halogens is 2. The summed E-state index contributed by atoms with van der Waals surface area (Å²) in [6.07, 6.45) is 3.60. The zero-order chi connectivity index (χ0) is 22.5. The summed E-state index contributed by atoms with van der Waals surface area (Å²) in [5.41, 5.74) is 3.56. The molecule has 2 atom stereocenters. The minimum absolute atomic E-state index is 0.0283. The van der Waals surface area contributed by atoms with E-state index in [-0.39, 0.29) is 23.7 Å². The molecule has 1 unspecified atom stereocenters. The predicted molar refractivity (Wildman–Crippen MR) is 119 cm³/mol. The van der Waals surface area contributed by atoms with E-state index in [9.17, 15) is 13.6 Å². The zero-order valence-electron chi connectivity index (χ0n) is 18.7. The highest BCUT2D eigenvalue weighted by Gasteiger charge is 2.40. The van der Waals surface area contributed by atoms with Crippen molar-refractivity contribution < 1.29 is 18.3 Å². The topological polar surface area (TPSA) is 41.6 Å². The van der Waals surface area contributed by atoms with Crippen LogP contribution in [0.2, 0.25) is 0 Å². The maximum Gasteiger partial charge on any atom is 0.407 e. The van der Waals surface area contributed by atoms with Crippen LogP contribution < -0.4 is 5.32 Å². The van der Waals surface area contributed by atoms with Crippen molar-refractivity contribution in [2.45, 2.75) is 51.7 Å². The van der Waals surface area contributed by atoms with Crippen molar-refractivity contribution in [2.24, 2.45) is 11.3 Å². The summed E-state index contributed by atoms with van der Waals surface area (Å²) in [4.78, 5) is 15.3. The van der Waals surface area contributed by atoms with E-state index in [1.165, 1.54) is 6.07 Å². The molecule has 1 amide bonds. The molecule has 2 aromatic carbocycles. The molecule has 6 heteroatoms. The molecule has 3 fully saturated rings. The van der Waals surface area contributed by atoms with Gasteiger partial charge in [0.25, 0.3) is 0 Å². The van der Waals surface area contributed by atoms with Gasteiger partial charge in [-0.05, 0) is 84.5 Å². The van der Waals surface area contributed by atoms with Crippen LogP contribution >= 0.6 is 0 Å². The molecule has 2 aromatic rings. The van der Waals surface area contributed by atoms with Crippen LogP contribution in [0.15, 0.2) is 36.4 Å². The fourth-order valence-corrected chi connectivity index (χ4v) is 5.59. The standard InChI is InChI=1S/C26H30F2N2O2/c1-26(2)10-7-19-13-17(18-4-6-21(27)22(28)14-18)3-5-20(19)24(26)29-25(31)32-23-15-30-11-8-16(23)9-12-30/h3-6,13-14,16,23-24H,7-12,15H2,1-2H3,(H,29,31)/t23-,24?/m1/s1. The molecule has 3 heterocycles. The molecule has 0 spiro atoms. The van der Waals surface area contributed by atoms with Gasteiger partial charge in [-0.1, -0.05) is 38.1 Å². The zero-order valence-corrected chi connectivity index (χ0v) is 18.7. The quantitative estimate of drug-likeness (QED) is 0.689. The first-order valence-corrected chi connectivity index (χ1v) is 11.6. The van der Waals surface area contributed by atoms with Gasteiger partial charge in [0, 0.05) is 6.54 Å². The van der Waals surface area contributed by atoms with Crippen LogP contribution in [-0.4, -0.2) is 36.7 Å². The number of nitrogens with zero attached hydrogens (tertiary/aromatic N) is 1. The Hall–Kier alpha value is -2.47. The first kappa shape index (κ1) is 21.4. The Balaban J connectivity index is 1.36. The molecular formula is C26H30F2N2O2. The number of piperidine rings is 3. The van der Waals surface area contributed by atoms with Crippen molar-refractivity contribution in [1.29, 1.82) is 0 Å². The number of benzene rings is 2. The monoisotopic (exact) mass is 440 g/mol. The molecule has 0 radical (unpaired) electrons. The second kappa shape index (κ2) is 8.14. The summed E-state index contributed by atoms with van der Waals surface area (Å²) < 4.78 is 32.9. The Bertz CT molecular complexity index is 1030. The molecule has 4 nitrogen and oxygen atoms in total. The smallest absolute Gasteiger partial charge is 0.407 e. The van der Waals surface area contributed by atoms with Crippen molar-refractivity contribution >= 4 is 6.09 Å². The Morgan fingerprint density at radius 2 is 1.78 bits per heavy atom. The lowest BCUT2D eigenvalue weighted by atomic mass is 9.70. The SMILES string of the molecule is CC1(C)CCc2cc(-c3ccc(F)c(F)c3)ccc2C1NC(=O)O[C@@H]1CN2CCC1CC2. The van der Waals surface area contributed by atoms with E-state index in [1.807, 2.05) is 18.2 Å². The van der Waals surface area contributed by atoms with Gasteiger partial charge in [-0.2, -0.15) is 0 Å². The third-order valence-electron chi connectivity index (χ3n) is 7.64. The Kier molecular flexibility index (Phi) is 5.44. The summed E-state index contributed by atoms with van der Waals surface area (Å²) in [6.45, 7) is 7.38. The van der Waals surface area contributed by atoms with E-state index in [0.29, 0.717) is 11.5 Å². The number of carbonyl (C=O) groups excluding carboxylic acids is 1. The second-order valence-corrected chi connectivity index (χ2v) is 10.2. The van der Waals surface area contributed by atoms with Gasteiger partial charge >= 0.3 is 6.09 Å². The molecule has 2 bridgehead atoms. The molecule has 1 N–H and O–H groups in total. The number of carbonyl (C=O) groups is 1. The van der Waals surface area contributed by atoms with Crippen molar-refractivity contribution in [2.75, 3.05) is 19.6 Å². The maximum atomic E-state index is 13.7. The number of hydrogen-bond donors (Lipinski definition) is 1. The highest BCUT2D eigenvalue weighted by atomic mass is 19.2. The van der Waals surface area contributed by atoms with Gasteiger partial charge in [-0.25, -0.2) is 13.6 Å². The van der Waals surface area contributed by atoms with Crippen LogP contribution in [0.1, 0.15) is 50.3 Å². The highest BCUT2D eigenvalue weighted by Crippen LogP contribution is 2.44. The van der Waals surface area contributed by atoms with E-state index in [0.717, 1.165) is 68.1 Å². The Labute approximate surface area is 187 Å². The molecule has 0 aromatic heterocycles. The summed E-state index contributed by atoms with van der Waals surface area (Å²) in [5.74, 6) is -1.23. The third kappa shape index (κ3) is 4.01. The second-order valence-electron chi connectivity index (χ2n) is 10.2. The number of aryl methyl sites for hydroxylation is 1. The number of nitrogens with one attached hydrogen (secondary N) is 1. The van der Waals surface area contributed by atoms with E-state index < -0.39 is 11.6 Å². The predicted octanol–water partition coefficient (Wildman–Crippen LogP) is 5.47. The fraction of sp³-hybridized carbons (Fsp3) is 0.500. The number of rotatable bonds is 3. The van der Waals surface area contributed by atoms with Crippen LogP contribution in [0.25, 0.3) is 11.1 Å². The highest BCUT2D eigenvalue weighted by molar-refractivity contribution is 5.70. The van der Waals surface area contributed by atoms with Gasteiger partial charge in [0.15, 0.2) is 11.6 Å². The van der Waals surface area contributed by atoms with Crippen molar-refractivity contribution in [3.05, 3.63) is 59.2 Å². The number of fused-ring (bicyclic) bond motifs is 4. The van der Waals surface area contributed by atoms with Crippen LogP contribution in [0.3, 0.4) is 0 Å². The van der Waals surface area contributed by atoms with E-state index >= 15 is 0 Å². The molecular weight excluding hydrogens is 410 g/mol. The lowest BCUT2D eigenvalue weighted by Gasteiger charge is -2.44. The number of hydrogen-bond acceptors (Lipinski definition) is 3.